The third-order valence-electron chi connectivity index (χ3n) is 4.23. The first-order chi connectivity index (χ1) is 12.1. The van der Waals surface area contributed by atoms with Gasteiger partial charge < -0.3 is 25.4 Å². The van der Waals surface area contributed by atoms with Crippen LogP contribution in [0, 0.1) is 0 Å². The van der Waals surface area contributed by atoms with Gasteiger partial charge in [-0.15, -0.1) is 24.0 Å². The first kappa shape index (κ1) is 22.3. The lowest BCUT2D eigenvalue weighted by molar-refractivity contribution is -0.131. The number of nitrogens with one attached hydrogen (secondary N) is 1. The Morgan fingerprint density at radius 3 is 2.54 bits per heavy atom. The van der Waals surface area contributed by atoms with Gasteiger partial charge in [-0.1, -0.05) is 6.07 Å². The van der Waals surface area contributed by atoms with Crippen molar-refractivity contribution in [3.8, 4) is 11.5 Å². The van der Waals surface area contributed by atoms with Gasteiger partial charge in [0.05, 0.1) is 20.8 Å². The van der Waals surface area contributed by atoms with Gasteiger partial charge in [0, 0.05) is 26.1 Å². The summed E-state index contributed by atoms with van der Waals surface area (Å²) in [6.45, 7) is 2.68. The highest BCUT2D eigenvalue weighted by molar-refractivity contribution is 14.0. The third kappa shape index (κ3) is 6.89. The first-order valence-corrected chi connectivity index (χ1v) is 8.66. The Morgan fingerprint density at radius 1 is 1.19 bits per heavy atom. The number of ether oxygens (including phenoxy) is 2. The topological polar surface area (TPSA) is 89.2 Å². The van der Waals surface area contributed by atoms with E-state index in [9.17, 15) is 4.79 Å². The number of carbonyl (C=O) groups excluding carboxylic acids is 1. The highest BCUT2D eigenvalue weighted by Crippen LogP contribution is 2.27. The zero-order valence-corrected chi connectivity index (χ0v) is 17.8. The van der Waals surface area contributed by atoms with Crippen LogP contribution in [0.3, 0.4) is 0 Å². The van der Waals surface area contributed by atoms with Crippen LogP contribution < -0.4 is 20.5 Å². The van der Waals surface area contributed by atoms with Crippen LogP contribution in [0.1, 0.15) is 31.2 Å². The van der Waals surface area contributed by atoms with Crippen molar-refractivity contribution in [1.29, 1.82) is 0 Å². The molecule has 1 aliphatic heterocycles. The maximum absolute atomic E-state index is 12.1. The quantitative estimate of drug-likeness (QED) is 0.358. The van der Waals surface area contributed by atoms with Crippen molar-refractivity contribution in [2.45, 2.75) is 32.2 Å². The second-order valence-electron chi connectivity index (χ2n) is 6.01. The average Bonchev–Trinajstić information content (AvgIpc) is 2.66. The second-order valence-corrected chi connectivity index (χ2v) is 6.01. The smallest absolute Gasteiger partial charge is 0.224 e. The fourth-order valence-corrected chi connectivity index (χ4v) is 2.81. The zero-order chi connectivity index (χ0) is 18.1. The molecule has 1 aromatic carbocycles. The number of aliphatic imine (C=N–C) groups is 1. The Hall–Kier alpha value is -1.71. The summed E-state index contributed by atoms with van der Waals surface area (Å²) < 4.78 is 10.5. The van der Waals surface area contributed by atoms with Crippen molar-refractivity contribution >= 4 is 35.8 Å². The van der Waals surface area contributed by atoms with Crippen LogP contribution in [0.15, 0.2) is 23.2 Å². The normalized spacial score (nSPS) is 14.4. The first-order valence-electron chi connectivity index (χ1n) is 8.66. The summed E-state index contributed by atoms with van der Waals surface area (Å²) in [5.41, 5.74) is 6.84. The number of methoxy groups -OCH3 is 2. The molecule has 0 saturated carbocycles. The molecule has 146 valence electrons. The van der Waals surface area contributed by atoms with Gasteiger partial charge >= 0.3 is 0 Å². The number of likely N-dealkylation sites (tertiary alicyclic amines) is 1. The number of hydrogen-bond acceptors (Lipinski definition) is 4. The van der Waals surface area contributed by atoms with Crippen LogP contribution in [0.4, 0.5) is 0 Å². The van der Waals surface area contributed by atoms with E-state index in [4.69, 9.17) is 15.2 Å². The molecule has 1 amide bonds. The van der Waals surface area contributed by atoms with Gasteiger partial charge in [-0.3, -0.25) is 4.79 Å². The minimum Gasteiger partial charge on any atom is -0.493 e. The van der Waals surface area contributed by atoms with Crippen LogP contribution in [0.2, 0.25) is 0 Å². The van der Waals surface area contributed by atoms with Crippen LogP contribution in [0.25, 0.3) is 0 Å². The summed E-state index contributed by atoms with van der Waals surface area (Å²) >= 11 is 0. The lowest BCUT2D eigenvalue weighted by Crippen LogP contribution is -2.39. The average molecular weight is 476 g/mol. The summed E-state index contributed by atoms with van der Waals surface area (Å²) in [6.07, 6.45) is 3.87. The molecule has 1 aliphatic rings. The lowest BCUT2D eigenvalue weighted by atomic mass is 10.1. The molecule has 8 heteroatoms. The molecule has 1 fully saturated rings. The molecule has 0 bridgehead atoms. The number of nitrogens with zero attached hydrogens (tertiary/aromatic N) is 2. The Kier molecular flexibility index (Phi) is 10.2. The van der Waals surface area contributed by atoms with Crippen molar-refractivity contribution in [2.75, 3.05) is 33.9 Å². The molecule has 0 atom stereocenters. The van der Waals surface area contributed by atoms with E-state index in [0.717, 1.165) is 31.5 Å². The van der Waals surface area contributed by atoms with Crippen molar-refractivity contribution in [3.63, 3.8) is 0 Å². The van der Waals surface area contributed by atoms with Gasteiger partial charge in [0.15, 0.2) is 17.5 Å². The minimum atomic E-state index is 0. The van der Waals surface area contributed by atoms with E-state index in [2.05, 4.69) is 10.3 Å². The number of rotatable bonds is 7. The van der Waals surface area contributed by atoms with E-state index in [1.165, 1.54) is 6.42 Å². The molecule has 1 aromatic rings. The number of hydrogen-bond donors (Lipinski definition) is 2. The van der Waals surface area contributed by atoms with Gasteiger partial charge in [0.25, 0.3) is 0 Å². The summed E-state index contributed by atoms with van der Waals surface area (Å²) in [6, 6.07) is 5.62. The number of amides is 1. The number of carbonyl (C=O) groups is 1. The summed E-state index contributed by atoms with van der Waals surface area (Å²) in [5, 5.41) is 3.00. The van der Waals surface area contributed by atoms with Crippen LogP contribution >= 0.6 is 24.0 Å². The molecule has 0 aromatic heterocycles. The predicted octanol–water partition coefficient (Wildman–Crippen LogP) is 2.13. The number of nitrogens with two attached hydrogens (primary N) is 1. The van der Waals surface area contributed by atoms with E-state index < -0.39 is 0 Å². The summed E-state index contributed by atoms with van der Waals surface area (Å²) in [5.74, 6) is 1.85. The number of benzene rings is 1. The molecule has 0 aliphatic carbocycles. The van der Waals surface area contributed by atoms with Gasteiger partial charge in [0.2, 0.25) is 5.91 Å². The zero-order valence-electron chi connectivity index (χ0n) is 15.5. The Balaban J connectivity index is 0.00000338. The highest BCUT2D eigenvalue weighted by Gasteiger charge is 2.15. The van der Waals surface area contributed by atoms with E-state index in [1.54, 1.807) is 14.2 Å². The second kappa shape index (κ2) is 11.8. The lowest BCUT2D eigenvalue weighted by Gasteiger charge is -2.26. The molecule has 0 radical (unpaired) electrons. The molecule has 1 heterocycles. The van der Waals surface area contributed by atoms with Gasteiger partial charge in [-0.2, -0.15) is 0 Å². The van der Waals surface area contributed by atoms with Crippen LogP contribution in [-0.4, -0.2) is 50.6 Å². The van der Waals surface area contributed by atoms with E-state index in [1.807, 2.05) is 23.1 Å². The van der Waals surface area contributed by atoms with E-state index >= 15 is 0 Å². The number of guanidine groups is 1. The van der Waals surface area contributed by atoms with Gasteiger partial charge in [-0.25, -0.2) is 4.99 Å². The maximum Gasteiger partial charge on any atom is 0.224 e. The Bertz CT molecular complexity index is 604. The standard InChI is InChI=1S/C18H28N4O3.HI/c1-24-15-7-6-14(12-16(15)25-2)13-21-18(19)20-9-8-17(23)22-10-4-3-5-11-22;/h6-7,12H,3-5,8-11,13H2,1-2H3,(H3,19,20,21);1H. The molecule has 0 spiro atoms. The largest absolute Gasteiger partial charge is 0.493 e. The SMILES string of the molecule is COc1ccc(CN=C(N)NCCC(=O)N2CCCCC2)cc1OC.I. The molecule has 26 heavy (non-hydrogen) atoms. The minimum absolute atomic E-state index is 0. The van der Waals surface area contributed by atoms with Gasteiger partial charge in [0.1, 0.15) is 0 Å². The molecule has 0 unspecified atom stereocenters. The number of piperidine rings is 1. The number of halogens is 1. The molecule has 7 nitrogen and oxygen atoms in total. The van der Waals surface area contributed by atoms with E-state index in [0.29, 0.717) is 37.0 Å². The molecule has 2 rings (SSSR count). The fraction of sp³-hybridized carbons (Fsp3) is 0.556. The Labute approximate surface area is 172 Å². The van der Waals surface area contributed by atoms with Crippen LogP contribution in [-0.2, 0) is 11.3 Å². The van der Waals surface area contributed by atoms with Crippen molar-refractivity contribution in [1.82, 2.24) is 10.2 Å². The predicted molar refractivity (Wildman–Crippen MR) is 113 cm³/mol. The van der Waals surface area contributed by atoms with E-state index in [-0.39, 0.29) is 29.9 Å². The van der Waals surface area contributed by atoms with Crippen molar-refractivity contribution in [2.24, 2.45) is 10.7 Å². The van der Waals surface area contributed by atoms with Crippen molar-refractivity contribution < 1.29 is 14.3 Å². The van der Waals surface area contributed by atoms with Gasteiger partial charge in [-0.05, 0) is 37.0 Å². The Morgan fingerprint density at radius 2 is 1.88 bits per heavy atom. The maximum atomic E-state index is 12.1. The molecule has 1 saturated heterocycles. The summed E-state index contributed by atoms with van der Waals surface area (Å²) in [4.78, 5) is 18.3. The molecular weight excluding hydrogens is 447 g/mol. The van der Waals surface area contributed by atoms with Crippen LogP contribution in [0.5, 0.6) is 11.5 Å². The highest BCUT2D eigenvalue weighted by atomic mass is 127. The summed E-state index contributed by atoms with van der Waals surface area (Å²) in [7, 11) is 3.20. The third-order valence-corrected chi connectivity index (χ3v) is 4.23. The van der Waals surface area contributed by atoms with Crippen molar-refractivity contribution in [3.05, 3.63) is 23.8 Å². The fourth-order valence-electron chi connectivity index (χ4n) is 2.81. The monoisotopic (exact) mass is 476 g/mol. The molecular formula is C18H29IN4O3. The molecule has 3 N–H and O–H groups in total.